The summed E-state index contributed by atoms with van der Waals surface area (Å²) in [6, 6.07) is 15.9. The number of rotatable bonds is 2. The third-order valence-corrected chi connectivity index (χ3v) is 3.00. The smallest absolute Gasteiger partial charge is 0.308 e. The largest absolute Gasteiger partial charge is 0.324 e. The number of carbonyl (C=O) groups is 1. The van der Waals surface area contributed by atoms with Crippen molar-refractivity contribution in [3.05, 3.63) is 59.8 Å². The Labute approximate surface area is 126 Å². The number of fused-ring (bicyclic) bond motifs is 1. The fourth-order valence-electron chi connectivity index (χ4n) is 1.85. The highest BCUT2D eigenvalue weighted by Crippen LogP contribution is 2.16. The molecule has 2 amide bonds. The third-order valence-electron chi connectivity index (χ3n) is 2.79. The van der Waals surface area contributed by atoms with Gasteiger partial charge in [-0.1, -0.05) is 29.8 Å². The topological polar surface area (TPSA) is 66.9 Å². The Morgan fingerprint density at radius 2 is 1.67 bits per heavy atom. The van der Waals surface area contributed by atoms with Gasteiger partial charge in [0, 0.05) is 11.1 Å². The number of halogens is 1. The first-order valence-electron chi connectivity index (χ1n) is 6.27. The second-order valence-corrected chi connectivity index (χ2v) is 4.71. The van der Waals surface area contributed by atoms with Gasteiger partial charge in [-0.15, -0.1) is 0 Å². The molecule has 0 aliphatic heterocycles. The lowest BCUT2D eigenvalue weighted by molar-refractivity contribution is 0.262. The zero-order chi connectivity index (χ0) is 14.7. The molecule has 104 valence electrons. The summed E-state index contributed by atoms with van der Waals surface area (Å²) in [6.45, 7) is 0. The minimum absolute atomic E-state index is 0.362. The van der Waals surface area contributed by atoms with Gasteiger partial charge in [0.05, 0.1) is 0 Å². The summed E-state index contributed by atoms with van der Waals surface area (Å²) in [4.78, 5) is 20.2. The van der Waals surface area contributed by atoms with Crippen molar-refractivity contribution in [3.63, 3.8) is 0 Å². The molecule has 2 aromatic heterocycles. The molecule has 2 heterocycles. The summed E-state index contributed by atoms with van der Waals surface area (Å²) in [5.41, 5.74) is 1.19. The first-order valence-corrected chi connectivity index (χ1v) is 6.65. The van der Waals surface area contributed by atoms with Crippen molar-refractivity contribution in [2.24, 2.45) is 0 Å². The number of nitrogens with zero attached hydrogens (tertiary/aromatic N) is 2. The highest BCUT2D eigenvalue weighted by Gasteiger charge is 2.05. The van der Waals surface area contributed by atoms with E-state index in [0.717, 1.165) is 5.39 Å². The normalized spacial score (nSPS) is 10.3. The summed E-state index contributed by atoms with van der Waals surface area (Å²) in [6.07, 6.45) is 0. The summed E-state index contributed by atoms with van der Waals surface area (Å²) in [5, 5.41) is 6.59. The van der Waals surface area contributed by atoms with Gasteiger partial charge in [0.1, 0.15) is 11.0 Å². The van der Waals surface area contributed by atoms with Crippen molar-refractivity contribution in [2.45, 2.75) is 0 Å². The molecule has 0 saturated carbocycles. The third kappa shape index (κ3) is 3.27. The number of nitrogens with one attached hydrogen (secondary N) is 2. The van der Waals surface area contributed by atoms with Gasteiger partial charge in [-0.3, -0.25) is 5.32 Å². The molecule has 3 aromatic rings. The van der Waals surface area contributed by atoms with Gasteiger partial charge in [0.25, 0.3) is 0 Å². The second-order valence-electron chi connectivity index (χ2n) is 4.32. The Hall–Kier alpha value is -2.66. The second kappa shape index (κ2) is 5.76. The van der Waals surface area contributed by atoms with Crippen molar-refractivity contribution in [2.75, 3.05) is 10.6 Å². The predicted molar refractivity (Wildman–Crippen MR) is 83.6 cm³/mol. The maximum Gasteiger partial charge on any atom is 0.324 e. The number of amides is 2. The van der Waals surface area contributed by atoms with Gasteiger partial charge < -0.3 is 5.32 Å². The van der Waals surface area contributed by atoms with Crippen LogP contribution in [0.5, 0.6) is 0 Å². The van der Waals surface area contributed by atoms with E-state index in [1.54, 1.807) is 24.3 Å². The SMILES string of the molecule is O=C(Nc1ccccc1)Nc1ccc2ccc(Cl)nc2n1. The molecule has 0 aliphatic rings. The van der Waals surface area contributed by atoms with E-state index in [1.165, 1.54) is 0 Å². The Kier molecular flexibility index (Phi) is 3.66. The first kappa shape index (κ1) is 13.3. The van der Waals surface area contributed by atoms with Gasteiger partial charge in [-0.05, 0) is 36.4 Å². The van der Waals surface area contributed by atoms with Crippen LogP contribution >= 0.6 is 11.6 Å². The van der Waals surface area contributed by atoms with E-state index in [9.17, 15) is 4.79 Å². The average molecular weight is 299 g/mol. The van der Waals surface area contributed by atoms with Gasteiger partial charge in [-0.2, -0.15) is 0 Å². The van der Waals surface area contributed by atoms with Crippen LogP contribution in [0.25, 0.3) is 11.0 Å². The molecular formula is C15H11ClN4O. The lowest BCUT2D eigenvalue weighted by Crippen LogP contribution is -2.20. The van der Waals surface area contributed by atoms with Crippen LogP contribution in [0.1, 0.15) is 0 Å². The number of aromatic nitrogens is 2. The lowest BCUT2D eigenvalue weighted by Gasteiger charge is -2.07. The molecular weight excluding hydrogens is 288 g/mol. The summed E-state index contributed by atoms with van der Waals surface area (Å²) in [7, 11) is 0. The van der Waals surface area contributed by atoms with Crippen LogP contribution in [0.3, 0.4) is 0 Å². The van der Waals surface area contributed by atoms with Crippen LogP contribution in [0.2, 0.25) is 5.15 Å². The number of hydrogen-bond donors (Lipinski definition) is 2. The molecule has 0 fully saturated rings. The quantitative estimate of drug-likeness (QED) is 0.704. The summed E-state index contributed by atoms with van der Waals surface area (Å²) in [5.74, 6) is 0.408. The van der Waals surface area contributed by atoms with Crippen molar-refractivity contribution < 1.29 is 4.79 Å². The molecule has 0 bridgehead atoms. The summed E-state index contributed by atoms with van der Waals surface area (Å²) >= 11 is 5.83. The first-order chi connectivity index (χ1) is 10.2. The van der Waals surface area contributed by atoms with E-state index in [1.807, 2.05) is 30.3 Å². The van der Waals surface area contributed by atoms with Gasteiger partial charge in [-0.25, -0.2) is 14.8 Å². The number of hydrogen-bond acceptors (Lipinski definition) is 3. The maximum atomic E-state index is 11.9. The molecule has 5 nitrogen and oxygen atoms in total. The van der Waals surface area contributed by atoms with E-state index in [-0.39, 0.29) is 6.03 Å². The van der Waals surface area contributed by atoms with E-state index in [4.69, 9.17) is 11.6 Å². The molecule has 2 N–H and O–H groups in total. The molecule has 21 heavy (non-hydrogen) atoms. The molecule has 6 heteroatoms. The van der Waals surface area contributed by atoms with Crippen molar-refractivity contribution in [3.8, 4) is 0 Å². The summed E-state index contributed by atoms with van der Waals surface area (Å²) < 4.78 is 0. The highest BCUT2D eigenvalue weighted by atomic mass is 35.5. The number of para-hydroxylation sites is 1. The zero-order valence-electron chi connectivity index (χ0n) is 10.9. The van der Waals surface area contributed by atoms with Gasteiger partial charge >= 0.3 is 6.03 Å². The highest BCUT2D eigenvalue weighted by molar-refractivity contribution is 6.29. The Morgan fingerprint density at radius 3 is 2.48 bits per heavy atom. The fourth-order valence-corrected chi connectivity index (χ4v) is 1.99. The molecule has 0 atom stereocenters. The Bertz CT molecular complexity index is 792. The Morgan fingerprint density at radius 1 is 0.905 bits per heavy atom. The number of carbonyl (C=O) groups excluding carboxylic acids is 1. The zero-order valence-corrected chi connectivity index (χ0v) is 11.6. The van der Waals surface area contributed by atoms with E-state index < -0.39 is 0 Å². The molecule has 0 radical (unpaired) electrons. The fraction of sp³-hybridized carbons (Fsp3) is 0. The van der Waals surface area contributed by atoms with Crippen LogP contribution in [0.4, 0.5) is 16.3 Å². The number of anilines is 2. The van der Waals surface area contributed by atoms with E-state index >= 15 is 0 Å². The molecule has 1 aromatic carbocycles. The minimum Gasteiger partial charge on any atom is -0.308 e. The lowest BCUT2D eigenvalue weighted by atomic mass is 10.3. The number of pyridine rings is 2. The van der Waals surface area contributed by atoms with Crippen LogP contribution in [-0.4, -0.2) is 16.0 Å². The van der Waals surface area contributed by atoms with Crippen molar-refractivity contribution in [1.29, 1.82) is 0 Å². The van der Waals surface area contributed by atoms with Crippen molar-refractivity contribution in [1.82, 2.24) is 9.97 Å². The monoisotopic (exact) mass is 298 g/mol. The predicted octanol–water partition coefficient (Wildman–Crippen LogP) is 3.93. The molecule has 0 aliphatic carbocycles. The molecule has 0 spiro atoms. The number of benzene rings is 1. The van der Waals surface area contributed by atoms with Crippen molar-refractivity contribution >= 4 is 40.2 Å². The molecule has 0 saturated heterocycles. The van der Waals surface area contributed by atoms with Crippen LogP contribution in [-0.2, 0) is 0 Å². The average Bonchev–Trinajstić information content (AvgIpc) is 2.47. The van der Waals surface area contributed by atoms with Crippen LogP contribution in [0.15, 0.2) is 54.6 Å². The molecule has 3 rings (SSSR count). The number of urea groups is 1. The maximum absolute atomic E-state index is 11.9. The van der Waals surface area contributed by atoms with Crippen LogP contribution < -0.4 is 10.6 Å². The van der Waals surface area contributed by atoms with Crippen LogP contribution in [0, 0.1) is 0 Å². The van der Waals surface area contributed by atoms with Gasteiger partial charge in [0.2, 0.25) is 0 Å². The van der Waals surface area contributed by atoms with E-state index in [0.29, 0.717) is 22.3 Å². The van der Waals surface area contributed by atoms with Gasteiger partial charge in [0.15, 0.2) is 5.65 Å². The van der Waals surface area contributed by atoms with E-state index in [2.05, 4.69) is 20.6 Å². The Balaban J connectivity index is 1.76. The molecule has 0 unspecified atom stereocenters. The standard InChI is InChI=1S/C15H11ClN4O/c16-12-8-6-10-7-9-13(19-14(10)18-12)20-15(21)17-11-4-2-1-3-5-11/h1-9H,(H2,17,18,19,20,21). The minimum atomic E-state index is -0.366.